The first-order valence-corrected chi connectivity index (χ1v) is 17.3. The molecule has 1 aliphatic heterocycles. The third-order valence-electron chi connectivity index (χ3n) is 9.43. The minimum absolute atomic E-state index is 0.0653. The first kappa shape index (κ1) is 34.4. The van der Waals surface area contributed by atoms with Gasteiger partial charge in [-0.15, -0.1) is 15.0 Å². The lowest BCUT2D eigenvalue weighted by Gasteiger charge is -2.34. The van der Waals surface area contributed by atoms with E-state index in [9.17, 15) is 10.2 Å². The highest BCUT2D eigenvalue weighted by molar-refractivity contribution is 6.04. The molecule has 0 radical (unpaired) electrons. The second-order valence-corrected chi connectivity index (χ2v) is 17.6. The molecule has 258 valence electrons. The summed E-state index contributed by atoms with van der Waals surface area (Å²) in [6.07, 6.45) is 10.2. The van der Waals surface area contributed by atoms with E-state index in [4.69, 9.17) is 15.3 Å². The monoisotopic (exact) mass is 660 g/mol. The highest BCUT2D eigenvalue weighted by atomic mass is 16.3. The summed E-state index contributed by atoms with van der Waals surface area (Å²) in [5.41, 5.74) is 10.2. The summed E-state index contributed by atoms with van der Waals surface area (Å²) < 4.78 is 0. The average molecular weight is 661 g/mol. The Hall–Kier alpha value is -4.43. The van der Waals surface area contributed by atoms with Gasteiger partial charge in [0.25, 0.3) is 0 Å². The average Bonchev–Trinajstić information content (AvgIpc) is 3.61. The molecule has 1 aliphatic carbocycles. The van der Waals surface area contributed by atoms with Crippen molar-refractivity contribution in [3.05, 3.63) is 95.1 Å². The minimum Gasteiger partial charge on any atom is -0.505 e. The number of hydrazone groups is 1. The van der Waals surface area contributed by atoms with Crippen molar-refractivity contribution in [1.82, 2.24) is 20.4 Å². The van der Waals surface area contributed by atoms with Crippen LogP contribution in [-0.2, 0) is 17.3 Å². The number of nitrogens with one attached hydrogen (secondary N) is 1. The quantitative estimate of drug-likeness (QED) is 0.174. The lowest BCUT2D eigenvalue weighted by molar-refractivity contribution is 0.283. The van der Waals surface area contributed by atoms with Crippen LogP contribution in [0.15, 0.2) is 77.9 Å². The third-order valence-corrected chi connectivity index (χ3v) is 9.43. The van der Waals surface area contributed by atoms with Crippen LogP contribution in [0.25, 0.3) is 16.7 Å². The van der Waals surface area contributed by atoms with Gasteiger partial charge >= 0.3 is 0 Å². The van der Waals surface area contributed by atoms with E-state index in [2.05, 4.69) is 98.9 Å². The Morgan fingerprint density at radius 2 is 1.20 bits per heavy atom. The molecule has 1 atom stereocenters. The molecule has 49 heavy (non-hydrogen) atoms. The number of fused-ring (bicyclic) bond motifs is 2. The number of nitrogens with zero attached hydrogens (tertiary/aromatic N) is 5. The Morgan fingerprint density at radius 1 is 0.694 bits per heavy atom. The van der Waals surface area contributed by atoms with E-state index < -0.39 is 0 Å². The standard InChI is InChI=1S/C41H52N6O2/c1-38(2,3)24-40(7,8)28-20-26(36(48)34(22-28)46-42-30-15-11-12-16-31(30)43-46)19-27-21-29(41(9,10)25-39(4,5)6)23-35(37(27)49)47-44-32-17-13-14-18-33(32)45-47/h11-18,20-23,30,42,48-49H,19,24-25H2,1-10H3. The largest absolute Gasteiger partial charge is 0.505 e. The van der Waals surface area contributed by atoms with E-state index in [1.165, 1.54) is 0 Å². The number of hydrogen-bond acceptors (Lipinski definition) is 7. The van der Waals surface area contributed by atoms with Gasteiger partial charge in [0.2, 0.25) is 0 Å². The highest BCUT2D eigenvalue weighted by Gasteiger charge is 2.33. The number of aromatic hydroxyl groups is 2. The Labute approximate surface area is 291 Å². The van der Waals surface area contributed by atoms with Crippen LogP contribution < -0.4 is 10.5 Å². The third kappa shape index (κ3) is 7.30. The van der Waals surface area contributed by atoms with Crippen LogP contribution in [0, 0.1) is 10.8 Å². The number of benzene rings is 3. The Kier molecular flexibility index (Phi) is 8.55. The van der Waals surface area contributed by atoms with Crippen molar-refractivity contribution in [2.24, 2.45) is 15.9 Å². The summed E-state index contributed by atoms with van der Waals surface area (Å²) in [6.45, 7) is 22.5. The Bertz CT molecular complexity index is 1950. The van der Waals surface area contributed by atoms with Gasteiger partial charge in [0.05, 0.1) is 11.8 Å². The van der Waals surface area contributed by atoms with Crippen molar-refractivity contribution in [3.63, 3.8) is 0 Å². The zero-order valence-corrected chi connectivity index (χ0v) is 30.8. The molecule has 6 rings (SSSR count). The van der Waals surface area contributed by atoms with E-state index >= 15 is 0 Å². The molecule has 0 spiro atoms. The second-order valence-electron chi connectivity index (χ2n) is 17.6. The highest BCUT2D eigenvalue weighted by Crippen LogP contribution is 2.45. The zero-order valence-electron chi connectivity index (χ0n) is 30.8. The Balaban J connectivity index is 1.52. The molecule has 0 saturated heterocycles. The number of allylic oxidation sites excluding steroid dienone is 2. The van der Waals surface area contributed by atoms with E-state index in [1.807, 2.05) is 48.6 Å². The van der Waals surface area contributed by atoms with Gasteiger partial charge in [-0.25, -0.2) is 0 Å². The summed E-state index contributed by atoms with van der Waals surface area (Å²) in [5, 5.41) is 40.0. The lowest BCUT2D eigenvalue weighted by atomic mass is 9.71. The fourth-order valence-electron chi connectivity index (χ4n) is 7.88. The number of phenols is 2. The smallest absolute Gasteiger partial charge is 0.146 e. The molecule has 0 amide bonds. The maximum absolute atomic E-state index is 12.0. The Morgan fingerprint density at radius 3 is 1.71 bits per heavy atom. The molecule has 4 aromatic rings. The maximum atomic E-state index is 12.0. The molecule has 8 nitrogen and oxygen atoms in total. The molecule has 1 unspecified atom stereocenters. The molecular weight excluding hydrogens is 608 g/mol. The molecule has 0 fully saturated rings. The molecule has 8 heteroatoms. The van der Waals surface area contributed by atoms with E-state index in [0.717, 1.165) is 40.7 Å². The normalized spacial score (nSPS) is 16.8. The van der Waals surface area contributed by atoms with Crippen LogP contribution in [0.1, 0.15) is 104 Å². The fraction of sp³-hybridized carbons (Fsp3) is 0.439. The summed E-state index contributed by atoms with van der Waals surface area (Å²) >= 11 is 0. The summed E-state index contributed by atoms with van der Waals surface area (Å²) in [4.78, 5) is 1.54. The van der Waals surface area contributed by atoms with Crippen molar-refractivity contribution < 1.29 is 10.2 Å². The summed E-state index contributed by atoms with van der Waals surface area (Å²) in [6, 6.07) is 15.9. The van der Waals surface area contributed by atoms with E-state index in [1.54, 1.807) is 9.91 Å². The number of phenolic OH excluding ortho intramolecular Hbond substituents is 2. The topological polar surface area (TPSA) is 98.8 Å². The van der Waals surface area contributed by atoms with Crippen molar-refractivity contribution in [3.8, 4) is 17.2 Å². The fourth-order valence-corrected chi connectivity index (χ4v) is 7.88. The molecule has 3 N–H and O–H groups in total. The molecule has 2 heterocycles. The molecule has 3 aromatic carbocycles. The maximum Gasteiger partial charge on any atom is 0.146 e. The van der Waals surface area contributed by atoms with Crippen molar-refractivity contribution >= 4 is 22.4 Å². The molecule has 0 saturated carbocycles. The van der Waals surface area contributed by atoms with Gasteiger partial charge in [0, 0.05) is 17.5 Å². The predicted molar refractivity (Wildman–Crippen MR) is 201 cm³/mol. The number of hydrazine groups is 1. The van der Waals surface area contributed by atoms with Crippen LogP contribution in [0.3, 0.4) is 0 Å². The van der Waals surface area contributed by atoms with E-state index in [-0.39, 0.29) is 39.2 Å². The summed E-state index contributed by atoms with van der Waals surface area (Å²) in [7, 11) is 0. The van der Waals surface area contributed by atoms with Crippen molar-refractivity contribution in [2.75, 3.05) is 5.12 Å². The number of hydrogen-bond donors (Lipinski definition) is 3. The van der Waals surface area contributed by atoms with Crippen LogP contribution in [0.2, 0.25) is 0 Å². The molecular formula is C41H52N6O2. The molecule has 0 bridgehead atoms. The van der Waals surface area contributed by atoms with Gasteiger partial charge in [0.15, 0.2) is 0 Å². The predicted octanol–water partition coefficient (Wildman–Crippen LogP) is 9.03. The van der Waals surface area contributed by atoms with Crippen LogP contribution in [-0.4, -0.2) is 37.0 Å². The number of anilines is 1. The SMILES string of the molecule is CC(C)(C)CC(C)(C)c1cc(Cc2cc(C(C)(C)CC(C)(C)C)cc(-n3nc4ccccc4n3)c2O)c(O)c(N2N=C3C=CC=CC3N2)c1. The summed E-state index contributed by atoms with van der Waals surface area (Å²) in [5.74, 6) is 0.221. The van der Waals surface area contributed by atoms with Gasteiger partial charge in [-0.1, -0.05) is 112 Å². The number of aromatic nitrogens is 3. The van der Waals surface area contributed by atoms with Gasteiger partial charge in [-0.3, -0.25) is 0 Å². The van der Waals surface area contributed by atoms with Crippen LogP contribution in [0.5, 0.6) is 11.5 Å². The van der Waals surface area contributed by atoms with Gasteiger partial charge in [-0.05, 0) is 76.0 Å². The van der Waals surface area contributed by atoms with Gasteiger partial charge in [0.1, 0.15) is 33.9 Å². The molecule has 1 aromatic heterocycles. The second kappa shape index (κ2) is 12.2. The first-order valence-electron chi connectivity index (χ1n) is 17.3. The zero-order chi connectivity index (χ0) is 35.5. The first-order chi connectivity index (χ1) is 22.8. The van der Waals surface area contributed by atoms with Crippen LogP contribution in [0.4, 0.5) is 5.69 Å². The van der Waals surface area contributed by atoms with Crippen molar-refractivity contribution in [1.29, 1.82) is 0 Å². The van der Waals surface area contributed by atoms with Gasteiger partial charge in [-0.2, -0.15) is 15.6 Å². The molecule has 2 aliphatic rings. The number of rotatable bonds is 8. The lowest BCUT2D eigenvalue weighted by Crippen LogP contribution is -2.37. The van der Waals surface area contributed by atoms with Crippen LogP contribution >= 0.6 is 0 Å². The minimum atomic E-state index is -0.224. The van der Waals surface area contributed by atoms with E-state index in [0.29, 0.717) is 28.9 Å². The van der Waals surface area contributed by atoms with Gasteiger partial charge < -0.3 is 10.2 Å². The van der Waals surface area contributed by atoms with Crippen molar-refractivity contribution in [2.45, 2.75) is 105 Å².